The molecule has 1 aromatic heterocycles. The van der Waals surface area contributed by atoms with Crippen LogP contribution in [0.4, 0.5) is 10.1 Å². The number of nitrogens with zero attached hydrogens (tertiary/aromatic N) is 4. The normalized spacial score (nSPS) is 11.8. The molecule has 0 bridgehead atoms. The number of fused-ring (bicyclic) bond motifs is 1. The lowest BCUT2D eigenvalue weighted by molar-refractivity contribution is -0.155. The highest BCUT2D eigenvalue weighted by Gasteiger charge is 2.27. The first kappa shape index (κ1) is 28.8. The summed E-state index contributed by atoms with van der Waals surface area (Å²) in [5.74, 6) is -0.243. The van der Waals surface area contributed by atoms with E-state index in [-0.39, 0.29) is 18.0 Å². The van der Waals surface area contributed by atoms with Crippen LogP contribution >= 0.6 is 0 Å². The number of benzene rings is 3. The van der Waals surface area contributed by atoms with E-state index >= 15 is 0 Å². The Morgan fingerprint density at radius 2 is 1.75 bits per heavy atom. The topological polar surface area (TPSA) is 105 Å². The van der Waals surface area contributed by atoms with E-state index in [1.165, 1.54) is 16.4 Å². The van der Waals surface area contributed by atoms with Crippen LogP contribution in [0.1, 0.15) is 51.1 Å². The molecule has 4 rings (SSSR count). The molecular formula is C30H31FN4O4S. The maximum Gasteiger partial charge on any atom is 0.326 e. The third kappa shape index (κ3) is 6.49. The molecule has 3 aromatic carbocycles. The van der Waals surface area contributed by atoms with Gasteiger partial charge in [-0.3, -0.25) is 9.10 Å². The van der Waals surface area contributed by atoms with E-state index in [9.17, 15) is 17.6 Å². The molecule has 0 unspecified atom stereocenters. The molecule has 0 aliphatic heterocycles. The second kappa shape index (κ2) is 11.5. The predicted octanol–water partition coefficient (Wildman–Crippen LogP) is 5.74. The molecule has 0 N–H and O–H groups in total. The SMILES string of the molecule is CCCc1nc2cc(N(Cc3ccc(C#N)cc3)S(=O)(=O)c3ccc(F)cc3)ccc2n1CC(=O)OC(C)(C)C. The van der Waals surface area contributed by atoms with Crippen molar-refractivity contribution in [2.24, 2.45) is 0 Å². The van der Waals surface area contributed by atoms with Gasteiger partial charge in [-0.1, -0.05) is 19.1 Å². The van der Waals surface area contributed by atoms with Gasteiger partial charge in [-0.15, -0.1) is 0 Å². The summed E-state index contributed by atoms with van der Waals surface area (Å²) in [5, 5.41) is 9.14. The van der Waals surface area contributed by atoms with Crippen molar-refractivity contribution in [3.05, 3.63) is 89.5 Å². The zero-order valence-corrected chi connectivity index (χ0v) is 23.7. The van der Waals surface area contributed by atoms with Crippen molar-refractivity contribution in [2.75, 3.05) is 4.31 Å². The highest BCUT2D eigenvalue weighted by molar-refractivity contribution is 7.92. The zero-order chi connectivity index (χ0) is 29.1. The number of hydrogen-bond donors (Lipinski definition) is 0. The number of aryl methyl sites for hydroxylation is 1. The van der Waals surface area contributed by atoms with E-state index in [2.05, 4.69) is 6.07 Å². The second-order valence-corrected chi connectivity index (χ2v) is 12.3. The number of halogens is 1. The fourth-order valence-corrected chi connectivity index (χ4v) is 5.76. The first-order chi connectivity index (χ1) is 18.9. The lowest BCUT2D eigenvalue weighted by Crippen LogP contribution is -2.30. The maximum absolute atomic E-state index is 13.8. The van der Waals surface area contributed by atoms with E-state index in [0.29, 0.717) is 40.1 Å². The van der Waals surface area contributed by atoms with Crippen molar-refractivity contribution >= 4 is 32.7 Å². The number of sulfonamides is 1. The van der Waals surface area contributed by atoms with Crippen molar-refractivity contribution in [2.45, 2.75) is 64.1 Å². The largest absolute Gasteiger partial charge is 0.459 e. The highest BCUT2D eigenvalue weighted by atomic mass is 32.2. The summed E-state index contributed by atoms with van der Waals surface area (Å²) in [4.78, 5) is 17.3. The average Bonchev–Trinajstić information content (AvgIpc) is 3.22. The third-order valence-electron chi connectivity index (χ3n) is 6.09. The standard InChI is InChI=1S/C30H31FN4O4S/c1-5-6-28-33-26-17-24(13-16-27(26)34(28)20-29(36)39-30(2,3)4)35(19-22-9-7-21(18-32)8-10-22)40(37,38)25-14-11-23(31)12-15-25/h7-17H,5-6,19-20H2,1-4H3. The summed E-state index contributed by atoms with van der Waals surface area (Å²) >= 11 is 0. The van der Waals surface area contributed by atoms with Gasteiger partial charge in [0.2, 0.25) is 0 Å². The number of nitriles is 1. The number of imidazole rings is 1. The minimum atomic E-state index is -4.11. The van der Waals surface area contributed by atoms with E-state index in [4.69, 9.17) is 15.0 Å². The lowest BCUT2D eigenvalue weighted by Gasteiger charge is -2.25. The number of anilines is 1. The van der Waals surface area contributed by atoms with Crippen LogP contribution in [0.15, 0.2) is 71.6 Å². The molecule has 0 aliphatic carbocycles. The Balaban J connectivity index is 1.80. The van der Waals surface area contributed by atoms with Gasteiger partial charge in [0, 0.05) is 6.42 Å². The molecule has 0 fully saturated rings. The number of aromatic nitrogens is 2. The molecule has 0 aliphatic rings. The van der Waals surface area contributed by atoms with Gasteiger partial charge in [0.25, 0.3) is 10.0 Å². The van der Waals surface area contributed by atoms with Crippen LogP contribution in [-0.4, -0.2) is 29.5 Å². The zero-order valence-electron chi connectivity index (χ0n) is 22.9. The van der Waals surface area contributed by atoms with Crippen molar-refractivity contribution in [3.8, 4) is 6.07 Å². The molecule has 0 amide bonds. The Kier molecular flexibility index (Phi) is 8.26. The minimum absolute atomic E-state index is 0.0225. The molecule has 0 spiro atoms. The van der Waals surface area contributed by atoms with Gasteiger partial charge in [-0.2, -0.15) is 5.26 Å². The van der Waals surface area contributed by atoms with E-state index in [1.807, 2.05) is 6.92 Å². The minimum Gasteiger partial charge on any atom is -0.459 e. The maximum atomic E-state index is 13.8. The fraction of sp³-hybridized carbons (Fsp3) is 0.300. The number of esters is 1. The summed E-state index contributed by atoms with van der Waals surface area (Å²) in [6.07, 6.45) is 1.42. The first-order valence-electron chi connectivity index (χ1n) is 12.9. The molecule has 0 saturated heterocycles. The van der Waals surface area contributed by atoms with Gasteiger partial charge in [-0.25, -0.2) is 17.8 Å². The average molecular weight is 563 g/mol. The molecule has 1 heterocycles. The van der Waals surface area contributed by atoms with Crippen molar-refractivity contribution in [1.29, 1.82) is 5.26 Å². The van der Waals surface area contributed by atoms with Crippen LogP contribution in [0.25, 0.3) is 11.0 Å². The fourth-order valence-electron chi connectivity index (χ4n) is 4.32. The predicted molar refractivity (Wildman–Crippen MR) is 150 cm³/mol. The van der Waals surface area contributed by atoms with E-state index < -0.39 is 27.4 Å². The molecule has 208 valence electrons. The number of rotatable bonds is 9. The van der Waals surface area contributed by atoms with Crippen LogP contribution in [0, 0.1) is 17.1 Å². The number of carbonyl (C=O) groups is 1. The van der Waals surface area contributed by atoms with Gasteiger partial charge in [-0.05, 0) is 87.4 Å². The molecule has 4 aromatic rings. The van der Waals surface area contributed by atoms with Crippen LogP contribution < -0.4 is 4.31 Å². The third-order valence-corrected chi connectivity index (χ3v) is 7.88. The van der Waals surface area contributed by atoms with E-state index in [0.717, 1.165) is 18.6 Å². The van der Waals surface area contributed by atoms with Crippen LogP contribution in [0.5, 0.6) is 0 Å². The van der Waals surface area contributed by atoms with Gasteiger partial charge < -0.3 is 9.30 Å². The monoisotopic (exact) mass is 562 g/mol. The summed E-state index contributed by atoms with van der Waals surface area (Å²) in [7, 11) is -4.11. The molecule has 0 radical (unpaired) electrons. The summed E-state index contributed by atoms with van der Waals surface area (Å²) in [6, 6.07) is 18.4. The van der Waals surface area contributed by atoms with Gasteiger partial charge in [0.15, 0.2) is 0 Å². The summed E-state index contributed by atoms with van der Waals surface area (Å²) in [6.45, 7) is 7.38. The van der Waals surface area contributed by atoms with Crippen molar-refractivity contribution in [1.82, 2.24) is 9.55 Å². The van der Waals surface area contributed by atoms with Crippen LogP contribution in [-0.2, 0) is 39.1 Å². The van der Waals surface area contributed by atoms with E-state index in [1.54, 1.807) is 67.8 Å². The summed E-state index contributed by atoms with van der Waals surface area (Å²) < 4.78 is 49.8. The molecule has 10 heteroatoms. The molecular weight excluding hydrogens is 531 g/mol. The Morgan fingerprint density at radius 1 is 1.07 bits per heavy atom. The molecule has 8 nitrogen and oxygen atoms in total. The van der Waals surface area contributed by atoms with Crippen LogP contribution in [0.2, 0.25) is 0 Å². The highest BCUT2D eigenvalue weighted by Crippen LogP contribution is 2.30. The lowest BCUT2D eigenvalue weighted by atomic mass is 10.1. The Hall–Kier alpha value is -4.23. The first-order valence-corrected chi connectivity index (χ1v) is 14.3. The van der Waals surface area contributed by atoms with Gasteiger partial charge in [0.1, 0.15) is 23.8 Å². The number of ether oxygens (including phenoxy) is 1. The Morgan fingerprint density at radius 3 is 2.35 bits per heavy atom. The Bertz CT molecular complexity index is 1670. The van der Waals surface area contributed by atoms with Gasteiger partial charge >= 0.3 is 5.97 Å². The Labute approximate surface area is 233 Å². The molecule has 0 atom stereocenters. The quantitative estimate of drug-likeness (QED) is 0.241. The number of hydrogen-bond acceptors (Lipinski definition) is 6. The van der Waals surface area contributed by atoms with Gasteiger partial charge in [0.05, 0.1) is 39.8 Å². The smallest absolute Gasteiger partial charge is 0.326 e. The molecule has 40 heavy (non-hydrogen) atoms. The van der Waals surface area contributed by atoms with Crippen molar-refractivity contribution < 1.29 is 22.3 Å². The van der Waals surface area contributed by atoms with Crippen molar-refractivity contribution in [3.63, 3.8) is 0 Å². The molecule has 0 saturated carbocycles. The number of carbonyl (C=O) groups excluding carboxylic acids is 1. The second-order valence-electron chi connectivity index (χ2n) is 10.4. The van der Waals surface area contributed by atoms with Crippen LogP contribution in [0.3, 0.4) is 0 Å². The summed E-state index contributed by atoms with van der Waals surface area (Å²) in [5.41, 5.74) is 2.04.